The zero-order chi connectivity index (χ0) is 18.9. The molecule has 0 spiro atoms. The number of ether oxygens (including phenoxy) is 2. The molecule has 2 aromatic rings. The van der Waals surface area contributed by atoms with Crippen molar-refractivity contribution in [1.29, 1.82) is 0 Å². The van der Waals surface area contributed by atoms with E-state index in [9.17, 15) is 0 Å². The van der Waals surface area contributed by atoms with Gasteiger partial charge in [-0.15, -0.1) is 0 Å². The number of hydrogen-bond acceptors (Lipinski definition) is 3. The Morgan fingerprint density at radius 1 is 1.00 bits per heavy atom. The number of nitrogens with one attached hydrogen (secondary N) is 2. The Balaban J connectivity index is 1.63. The number of para-hydroxylation sites is 1. The van der Waals surface area contributed by atoms with Crippen molar-refractivity contribution in [3.63, 3.8) is 0 Å². The molecule has 2 aromatic carbocycles. The predicted octanol–water partition coefficient (Wildman–Crippen LogP) is 3.88. The van der Waals surface area contributed by atoms with Crippen molar-refractivity contribution in [1.82, 2.24) is 10.6 Å². The number of nitrogens with zero attached hydrogens (tertiary/aromatic N) is 1. The summed E-state index contributed by atoms with van der Waals surface area (Å²) in [5.74, 6) is 2.39. The first kappa shape index (κ1) is 19.1. The molecule has 0 heterocycles. The minimum absolute atomic E-state index is 0.288. The summed E-state index contributed by atoms with van der Waals surface area (Å²) >= 11 is 0. The number of hydrogen-bond donors (Lipinski definition) is 2. The van der Waals surface area contributed by atoms with Gasteiger partial charge in [0.05, 0.1) is 13.2 Å². The van der Waals surface area contributed by atoms with E-state index in [1.54, 1.807) is 14.2 Å². The fourth-order valence-electron chi connectivity index (χ4n) is 3.35. The molecule has 0 saturated heterocycles. The van der Waals surface area contributed by atoms with Crippen LogP contribution < -0.4 is 20.1 Å². The van der Waals surface area contributed by atoms with Crippen molar-refractivity contribution in [3.8, 4) is 11.5 Å². The summed E-state index contributed by atoms with van der Waals surface area (Å²) in [4.78, 5) is 4.32. The molecular formula is C22H29N3O2. The lowest BCUT2D eigenvalue weighted by atomic mass is 10.1. The van der Waals surface area contributed by atoms with E-state index in [0.717, 1.165) is 42.4 Å². The van der Waals surface area contributed by atoms with Gasteiger partial charge in [-0.3, -0.25) is 4.99 Å². The van der Waals surface area contributed by atoms with E-state index in [1.807, 2.05) is 30.3 Å². The molecule has 0 bridgehead atoms. The molecule has 5 heteroatoms. The van der Waals surface area contributed by atoms with Gasteiger partial charge in [-0.05, 0) is 37.3 Å². The van der Waals surface area contributed by atoms with Crippen LogP contribution >= 0.6 is 0 Å². The molecule has 1 fully saturated rings. The highest BCUT2D eigenvalue weighted by molar-refractivity contribution is 5.79. The molecule has 144 valence electrons. The van der Waals surface area contributed by atoms with Crippen molar-refractivity contribution >= 4 is 5.96 Å². The summed E-state index contributed by atoms with van der Waals surface area (Å²) in [6.07, 6.45) is 5.00. The van der Waals surface area contributed by atoms with Gasteiger partial charge >= 0.3 is 0 Å². The van der Waals surface area contributed by atoms with E-state index in [2.05, 4.69) is 33.8 Å². The molecule has 27 heavy (non-hydrogen) atoms. The van der Waals surface area contributed by atoms with Gasteiger partial charge in [-0.25, -0.2) is 0 Å². The van der Waals surface area contributed by atoms with Crippen LogP contribution in [0, 0.1) is 0 Å². The topological polar surface area (TPSA) is 54.9 Å². The normalized spacial score (nSPS) is 14.8. The Hall–Kier alpha value is -2.69. The van der Waals surface area contributed by atoms with Gasteiger partial charge in [-0.1, -0.05) is 42.5 Å². The second kappa shape index (κ2) is 9.86. The highest BCUT2D eigenvalue weighted by Crippen LogP contribution is 2.34. The Morgan fingerprint density at radius 2 is 1.74 bits per heavy atom. The van der Waals surface area contributed by atoms with Crippen molar-refractivity contribution < 1.29 is 9.47 Å². The molecule has 0 radical (unpaired) electrons. The van der Waals surface area contributed by atoms with Crippen molar-refractivity contribution in [2.24, 2.45) is 4.99 Å². The number of aliphatic imine (C=N–C) groups is 1. The Bertz CT molecular complexity index is 740. The zero-order valence-corrected chi connectivity index (χ0v) is 16.2. The summed E-state index contributed by atoms with van der Waals surface area (Å²) in [5, 5.41) is 6.72. The van der Waals surface area contributed by atoms with Crippen LogP contribution in [-0.2, 0) is 13.1 Å². The molecule has 0 aromatic heterocycles. The molecule has 0 amide bonds. The van der Waals surface area contributed by atoms with Crippen molar-refractivity contribution in [2.75, 3.05) is 14.2 Å². The molecule has 5 nitrogen and oxygen atoms in total. The minimum Gasteiger partial charge on any atom is -0.493 e. The van der Waals surface area contributed by atoms with Crippen molar-refractivity contribution in [2.45, 2.75) is 44.9 Å². The van der Waals surface area contributed by atoms with Crippen LogP contribution in [0.5, 0.6) is 11.5 Å². The molecule has 0 atom stereocenters. The first-order valence-corrected chi connectivity index (χ1v) is 9.61. The fourth-order valence-corrected chi connectivity index (χ4v) is 3.35. The van der Waals surface area contributed by atoms with E-state index in [4.69, 9.17) is 9.47 Å². The van der Waals surface area contributed by atoms with E-state index in [0.29, 0.717) is 6.54 Å². The van der Waals surface area contributed by atoms with Gasteiger partial charge in [0.2, 0.25) is 0 Å². The van der Waals surface area contributed by atoms with Gasteiger partial charge in [0.1, 0.15) is 0 Å². The lowest BCUT2D eigenvalue weighted by molar-refractivity contribution is 0.198. The highest BCUT2D eigenvalue weighted by Gasteiger charge is 2.20. The number of rotatable bonds is 7. The first-order chi connectivity index (χ1) is 13.3. The van der Waals surface area contributed by atoms with Gasteiger partial charge in [-0.2, -0.15) is 0 Å². The number of guanidine groups is 1. The van der Waals surface area contributed by atoms with E-state index in [-0.39, 0.29) is 6.10 Å². The van der Waals surface area contributed by atoms with E-state index >= 15 is 0 Å². The SMILES string of the molecule is CN=C(NCc1ccccc1)NCc1cccc(OC)c1OC1CCCC1. The summed E-state index contributed by atoms with van der Waals surface area (Å²) in [6.45, 7) is 1.35. The van der Waals surface area contributed by atoms with Gasteiger partial charge in [0, 0.05) is 25.7 Å². The standard InChI is InChI=1S/C22H29N3O2/c1-23-22(24-15-17-9-4-3-5-10-17)25-16-18-11-8-14-20(26-2)21(18)27-19-12-6-7-13-19/h3-5,8-11,14,19H,6-7,12-13,15-16H2,1-2H3,(H2,23,24,25). The average molecular weight is 367 g/mol. The number of methoxy groups -OCH3 is 1. The van der Waals surface area contributed by atoms with Crippen LogP contribution in [-0.4, -0.2) is 26.2 Å². The van der Waals surface area contributed by atoms with Crippen LogP contribution in [0.4, 0.5) is 0 Å². The lowest BCUT2D eigenvalue weighted by Gasteiger charge is -2.20. The smallest absolute Gasteiger partial charge is 0.191 e. The highest BCUT2D eigenvalue weighted by atomic mass is 16.5. The lowest BCUT2D eigenvalue weighted by Crippen LogP contribution is -2.36. The molecule has 2 N–H and O–H groups in total. The predicted molar refractivity (Wildman–Crippen MR) is 109 cm³/mol. The largest absolute Gasteiger partial charge is 0.493 e. The monoisotopic (exact) mass is 367 g/mol. The second-order valence-electron chi connectivity index (χ2n) is 6.74. The zero-order valence-electron chi connectivity index (χ0n) is 16.2. The average Bonchev–Trinajstić information content (AvgIpc) is 3.23. The number of benzene rings is 2. The maximum Gasteiger partial charge on any atom is 0.191 e. The molecule has 1 saturated carbocycles. The summed E-state index contributed by atoms with van der Waals surface area (Å²) < 4.78 is 11.8. The third kappa shape index (κ3) is 5.39. The third-order valence-corrected chi connectivity index (χ3v) is 4.84. The maximum absolute atomic E-state index is 6.30. The summed E-state index contributed by atoms with van der Waals surface area (Å²) in [6, 6.07) is 16.3. The van der Waals surface area contributed by atoms with Crippen LogP contribution in [0.15, 0.2) is 53.5 Å². The van der Waals surface area contributed by atoms with E-state index < -0.39 is 0 Å². The Labute approximate surface area is 161 Å². The van der Waals surface area contributed by atoms with Crippen LogP contribution in [0.1, 0.15) is 36.8 Å². The molecule has 0 aliphatic heterocycles. The van der Waals surface area contributed by atoms with Gasteiger partial charge in [0.15, 0.2) is 17.5 Å². The summed E-state index contributed by atoms with van der Waals surface area (Å²) in [7, 11) is 3.47. The second-order valence-corrected chi connectivity index (χ2v) is 6.74. The molecule has 3 rings (SSSR count). The molecule has 1 aliphatic rings. The minimum atomic E-state index is 0.288. The van der Waals surface area contributed by atoms with Gasteiger partial charge in [0.25, 0.3) is 0 Å². The van der Waals surface area contributed by atoms with Crippen LogP contribution in [0.2, 0.25) is 0 Å². The Morgan fingerprint density at radius 3 is 2.44 bits per heavy atom. The fraction of sp³-hybridized carbons (Fsp3) is 0.409. The van der Waals surface area contributed by atoms with Crippen LogP contribution in [0.25, 0.3) is 0 Å². The maximum atomic E-state index is 6.30. The first-order valence-electron chi connectivity index (χ1n) is 9.61. The van der Waals surface area contributed by atoms with Crippen molar-refractivity contribution in [3.05, 3.63) is 59.7 Å². The quantitative estimate of drug-likeness (QED) is 0.576. The molecule has 0 unspecified atom stereocenters. The van der Waals surface area contributed by atoms with Crippen LogP contribution in [0.3, 0.4) is 0 Å². The summed E-state index contributed by atoms with van der Waals surface area (Å²) in [5.41, 5.74) is 2.29. The Kier molecular flexibility index (Phi) is 6.97. The van der Waals surface area contributed by atoms with Gasteiger partial charge < -0.3 is 20.1 Å². The van der Waals surface area contributed by atoms with E-state index in [1.165, 1.54) is 18.4 Å². The molecular weight excluding hydrogens is 338 g/mol. The third-order valence-electron chi connectivity index (χ3n) is 4.84. The molecule has 1 aliphatic carbocycles.